The second-order valence-corrected chi connectivity index (χ2v) is 11.2. The van der Waals surface area contributed by atoms with Gasteiger partial charge in [-0.05, 0) is 66.1 Å². The molecule has 0 saturated carbocycles. The molecular formula is C37H34N2O6. The van der Waals surface area contributed by atoms with Gasteiger partial charge in [0.05, 0.1) is 25.9 Å². The zero-order valence-corrected chi connectivity index (χ0v) is 25.3. The number of hydrogen-bond donors (Lipinski definition) is 1. The number of aromatic hydroxyl groups is 1. The zero-order chi connectivity index (χ0) is 30.9. The number of rotatable bonds is 8. The molecule has 1 N–H and O–H groups in total. The van der Waals surface area contributed by atoms with E-state index in [-0.39, 0.29) is 12.4 Å². The Kier molecular flexibility index (Phi) is 7.83. The van der Waals surface area contributed by atoms with E-state index < -0.39 is 12.0 Å². The molecule has 0 bridgehead atoms. The Morgan fingerprint density at radius 3 is 2.56 bits per heavy atom. The summed E-state index contributed by atoms with van der Waals surface area (Å²) in [5, 5.41) is 16.4. The third-order valence-electron chi connectivity index (χ3n) is 8.56. The Labute approximate surface area is 260 Å². The normalized spacial score (nSPS) is 14.6. The van der Waals surface area contributed by atoms with Crippen LogP contribution < -0.4 is 4.74 Å². The summed E-state index contributed by atoms with van der Waals surface area (Å²) in [4.78, 5) is 19.9. The SMILES string of the molecule is CCOC(=O)c1c(C)oc2c1c(C(c1ccncc1)N1CCOCC1)c(O)c1cc(OCc3cccc4ccccc34)ccc12. The van der Waals surface area contributed by atoms with E-state index in [1.165, 1.54) is 0 Å². The minimum atomic E-state index is -0.487. The van der Waals surface area contributed by atoms with Gasteiger partial charge in [0.2, 0.25) is 0 Å². The Hall–Kier alpha value is -4.92. The highest BCUT2D eigenvalue weighted by Crippen LogP contribution is 2.48. The average molecular weight is 603 g/mol. The van der Waals surface area contributed by atoms with Gasteiger partial charge in [-0.15, -0.1) is 0 Å². The number of ether oxygens (including phenoxy) is 3. The van der Waals surface area contributed by atoms with Crippen LogP contribution in [0, 0.1) is 6.92 Å². The van der Waals surface area contributed by atoms with E-state index in [1.54, 1.807) is 26.2 Å². The second kappa shape index (κ2) is 12.2. The number of aromatic nitrogens is 1. The van der Waals surface area contributed by atoms with Crippen molar-refractivity contribution in [2.75, 3.05) is 32.9 Å². The first-order valence-corrected chi connectivity index (χ1v) is 15.2. The second-order valence-electron chi connectivity index (χ2n) is 11.2. The molecule has 1 atom stereocenters. The number of carbonyl (C=O) groups is 1. The molecule has 6 aromatic rings. The fraction of sp³-hybridized carbons (Fsp3) is 0.243. The first-order chi connectivity index (χ1) is 22.0. The van der Waals surface area contributed by atoms with Crippen LogP contribution in [0.5, 0.6) is 11.5 Å². The molecule has 1 aliphatic rings. The molecule has 0 amide bonds. The molecule has 1 saturated heterocycles. The van der Waals surface area contributed by atoms with Crippen LogP contribution in [0.25, 0.3) is 32.5 Å². The van der Waals surface area contributed by atoms with Crippen molar-refractivity contribution in [2.45, 2.75) is 26.5 Å². The van der Waals surface area contributed by atoms with Crippen molar-refractivity contribution >= 4 is 38.5 Å². The summed E-state index contributed by atoms with van der Waals surface area (Å²) in [5.74, 6) is 0.618. The standard InChI is InChI=1S/C37H34N2O6/c1-3-43-37(41)31-23(2)45-36-29-12-11-27(44-22-26-9-6-8-24-7-4-5-10-28(24)26)21-30(29)35(40)33(32(31)36)34(25-13-15-38-16-14-25)39-17-19-42-20-18-39/h4-16,21,34,40H,3,17-20,22H2,1-2H3. The maximum atomic E-state index is 13.4. The molecular weight excluding hydrogens is 568 g/mol. The maximum Gasteiger partial charge on any atom is 0.342 e. The molecule has 8 nitrogen and oxygen atoms in total. The van der Waals surface area contributed by atoms with Crippen molar-refractivity contribution in [1.29, 1.82) is 0 Å². The van der Waals surface area contributed by atoms with Crippen LogP contribution in [0.2, 0.25) is 0 Å². The van der Waals surface area contributed by atoms with Crippen LogP contribution in [0.4, 0.5) is 0 Å². The van der Waals surface area contributed by atoms with Gasteiger partial charge >= 0.3 is 5.97 Å². The van der Waals surface area contributed by atoms with Gasteiger partial charge in [-0.25, -0.2) is 4.79 Å². The minimum Gasteiger partial charge on any atom is -0.507 e. The topological polar surface area (TPSA) is 94.3 Å². The molecule has 1 aliphatic heterocycles. The lowest BCUT2D eigenvalue weighted by Gasteiger charge is -2.36. The van der Waals surface area contributed by atoms with Crippen LogP contribution in [0.15, 0.2) is 89.6 Å². The molecule has 8 heteroatoms. The molecule has 228 valence electrons. The average Bonchev–Trinajstić information content (AvgIpc) is 3.43. The summed E-state index contributed by atoms with van der Waals surface area (Å²) in [6.07, 6.45) is 3.48. The number of benzene rings is 4. The highest BCUT2D eigenvalue weighted by molar-refractivity contribution is 6.17. The number of fused-ring (bicyclic) bond motifs is 4. The lowest BCUT2D eigenvalue weighted by atomic mass is 9.89. The monoisotopic (exact) mass is 602 g/mol. The van der Waals surface area contributed by atoms with E-state index in [9.17, 15) is 9.90 Å². The molecule has 3 heterocycles. The molecule has 0 aliphatic carbocycles. The molecule has 0 spiro atoms. The molecule has 45 heavy (non-hydrogen) atoms. The molecule has 7 rings (SSSR count). The number of carbonyl (C=O) groups excluding carboxylic acids is 1. The number of phenols is 1. The van der Waals surface area contributed by atoms with Crippen LogP contribution in [-0.2, 0) is 16.1 Å². The van der Waals surface area contributed by atoms with Crippen molar-refractivity contribution in [3.05, 3.63) is 113 Å². The highest BCUT2D eigenvalue weighted by Gasteiger charge is 2.34. The fourth-order valence-electron chi connectivity index (χ4n) is 6.50. The van der Waals surface area contributed by atoms with Gasteiger partial charge in [-0.3, -0.25) is 9.88 Å². The smallest absolute Gasteiger partial charge is 0.342 e. The summed E-state index contributed by atoms with van der Waals surface area (Å²) in [6.45, 7) is 6.52. The first-order valence-electron chi connectivity index (χ1n) is 15.2. The Bertz CT molecular complexity index is 2010. The van der Waals surface area contributed by atoms with Crippen molar-refractivity contribution < 1.29 is 28.5 Å². The van der Waals surface area contributed by atoms with Gasteiger partial charge < -0.3 is 23.7 Å². The summed E-state index contributed by atoms with van der Waals surface area (Å²) in [7, 11) is 0. The third kappa shape index (κ3) is 5.26. The lowest BCUT2D eigenvalue weighted by Crippen LogP contribution is -2.39. The van der Waals surface area contributed by atoms with Crippen LogP contribution in [0.3, 0.4) is 0 Å². The number of aryl methyl sites for hydroxylation is 1. The largest absolute Gasteiger partial charge is 0.507 e. The fourth-order valence-corrected chi connectivity index (χ4v) is 6.50. The number of hydrogen-bond acceptors (Lipinski definition) is 8. The van der Waals surface area contributed by atoms with E-state index in [2.05, 4.69) is 34.1 Å². The summed E-state index contributed by atoms with van der Waals surface area (Å²) < 4.78 is 23.9. The van der Waals surface area contributed by atoms with Gasteiger partial charge in [-0.2, -0.15) is 0 Å². The maximum absolute atomic E-state index is 13.4. The predicted molar refractivity (Wildman–Crippen MR) is 173 cm³/mol. The Balaban J connectivity index is 1.42. The number of nitrogens with zero attached hydrogens (tertiary/aromatic N) is 2. The molecule has 2 aromatic heterocycles. The first kappa shape index (κ1) is 28.8. The third-order valence-corrected chi connectivity index (χ3v) is 8.56. The number of pyridine rings is 1. The highest BCUT2D eigenvalue weighted by atomic mass is 16.5. The lowest BCUT2D eigenvalue weighted by molar-refractivity contribution is 0.0238. The Morgan fingerprint density at radius 1 is 0.978 bits per heavy atom. The molecule has 4 aromatic carbocycles. The van der Waals surface area contributed by atoms with Crippen LogP contribution in [0.1, 0.15) is 45.8 Å². The number of furan rings is 1. The summed E-state index contributed by atoms with van der Waals surface area (Å²) >= 11 is 0. The van der Waals surface area contributed by atoms with Gasteiger partial charge in [0.15, 0.2) is 0 Å². The van der Waals surface area contributed by atoms with Crippen molar-refractivity contribution in [1.82, 2.24) is 9.88 Å². The van der Waals surface area contributed by atoms with Crippen LogP contribution >= 0.6 is 0 Å². The van der Waals surface area contributed by atoms with E-state index in [0.29, 0.717) is 77.3 Å². The van der Waals surface area contributed by atoms with Gasteiger partial charge in [0, 0.05) is 47.2 Å². The number of esters is 1. The Morgan fingerprint density at radius 2 is 1.76 bits per heavy atom. The molecule has 0 radical (unpaired) electrons. The number of phenolic OH excluding ortho intramolecular Hbond substituents is 1. The number of morpholine rings is 1. The predicted octanol–water partition coefficient (Wildman–Crippen LogP) is 7.33. The van der Waals surface area contributed by atoms with E-state index in [0.717, 1.165) is 21.9 Å². The van der Waals surface area contributed by atoms with E-state index in [1.807, 2.05) is 48.5 Å². The van der Waals surface area contributed by atoms with Crippen molar-refractivity contribution in [3.63, 3.8) is 0 Å². The molecule has 1 unspecified atom stereocenters. The molecule has 1 fully saturated rings. The quantitative estimate of drug-likeness (QED) is 0.181. The van der Waals surface area contributed by atoms with E-state index >= 15 is 0 Å². The van der Waals surface area contributed by atoms with Crippen LogP contribution in [-0.4, -0.2) is 53.9 Å². The minimum absolute atomic E-state index is 0.0627. The van der Waals surface area contributed by atoms with Gasteiger partial charge in [0.25, 0.3) is 0 Å². The van der Waals surface area contributed by atoms with Crippen molar-refractivity contribution in [3.8, 4) is 11.5 Å². The summed E-state index contributed by atoms with van der Waals surface area (Å²) in [5.41, 5.74) is 3.42. The van der Waals surface area contributed by atoms with E-state index in [4.69, 9.17) is 18.6 Å². The van der Waals surface area contributed by atoms with Crippen molar-refractivity contribution in [2.24, 2.45) is 0 Å². The van der Waals surface area contributed by atoms with Gasteiger partial charge in [0.1, 0.15) is 35.0 Å². The summed E-state index contributed by atoms with van der Waals surface area (Å²) in [6, 6.07) is 23.5. The van der Waals surface area contributed by atoms with Gasteiger partial charge in [-0.1, -0.05) is 42.5 Å². The zero-order valence-electron chi connectivity index (χ0n) is 25.3.